The van der Waals surface area contributed by atoms with Gasteiger partial charge in [-0.25, -0.2) is 0 Å². The predicted octanol–water partition coefficient (Wildman–Crippen LogP) is 3.17. The molecule has 1 amide bonds. The molecule has 0 aromatic carbocycles. The highest BCUT2D eigenvalue weighted by Gasteiger charge is 2.24. The molecule has 3 heteroatoms. The van der Waals surface area contributed by atoms with Gasteiger partial charge in [0.1, 0.15) is 0 Å². The summed E-state index contributed by atoms with van der Waals surface area (Å²) in [5, 5.41) is 0.153. The highest BCUT2D eigenvalue weighted by molar-refractivity contribution is 8.00. The first-order valence-electron chi connectivity index (χ1n) is 6.55. The van der Waals surface area contributed by atoms with Crippen LogP contribution in [0.15, 0.2) is 0 Å². The van der Waals surface area contributed by atoms with Gasteiger partial charge in [0.05, 0.1) is 5.25 Å². The van der Waals surface area contributed by atoms with Gasteiger partial charge < -0.3 is 4.90 Å². The van der Waals surface area contributed by atoms with Gasteiger partial charge in [-0.05, 0) is 37.9 Å². The first kappa shape index (κ1) is 13.9. The molecule has 1 rings (SSSR count). The zero-order valence-corrected chi connectivity index (χ0v) is 11.7. The molecule has 1 heterocycles. The smallest absolute Gasteiger partial charge is 0.235 e. The number of thioether (sulfide) groups is 1. The molecule has 1 aliphatic rings. The maximum Gasteiger partial charge on any atom is 0.235 e. The van der Waals surface area contributed by atoms with Crippen LogP contribution in [0.1, 0.15) is 46.5 Å². The van der Waals surface area contributed by atoms with Crippen LogP contribution in [0, 0.1) is 5.92 Å². The van der Waals surface area contributed by atoms with E-state index in [2.05, 4.69) is 25.7 Å². The van der Waals surface area contributed by atoms with Crippen LogP contribution in [0.3, 0.4) is 0 Å². The minimum absolute atomic E-state index is 0.153. The van der Waals surface area contributed by atoms with Crippen molar-refractivity contribution in [2.75, 3.05) is 18.8 Å². The number of amides is 1. The Labute approximate surface area is 104 Å². The van der Waals surface area contributed by atoms with Crippen molar-refractivity contribution >= 4 is 17.7 Å². The van der Waals surface area contributed by atoms with Gasteiger partial charge in [-0.2, -0.15) is 0 Å². The van der Waals surface area contributed by atoms with Crippen LogP contribution in [0.25, 0.3) is 0 Å². The molecule has 1 saturated heterocycles. The summed E-state index contributed by atoms with van der Waals surface area (Å²) in [6, 6.07) is 0. The highest BCUT2D eigenvalue weighted by atomic mass is 32.2. The second kappa shape index (κ2) is 7.21. The summed E-state index contributed by atoms with van der Waals surface area (Å²) in [6.07, 6.45) is 4.80. The molecule has 0 bridgehead atoms. The Kier molecular flexibility index (Phi) is 6.25. The highest BCUT2D eigenvalue weighted by Crippen LogP contribution is 2.20. The molecule has 16 heavy (non-hydrogen) atoms. The Bertz CT molecular complexity index is 212. The number of hydrogen-bond donors (Lipinski definition) is 0. The van der Waals surface area contributed by atoms with E-state index < -0.39 is 0 Å². The van der Waals surface area contributed by atoms with Crippen LogP contribution in [0.4, 0.5) is 0 Å². The molecule has 0 spiro atoms. The van der Waals surface area contributed by atoms with Gasteiger partial charge in [0.15, 0.2) is 0 Å². The summed E-state index contributed by atoms with van der Waals surface area (Å²) in [5.74, 6) is 2.27. The van der Waals surface area contributed by atoms with E-state index in [0.29, 0.717) is 5.91 Å². The van der Waals surface area contributed by atoms with Crippen molar-refractivity contribution < 1.29 is 4.79 Å². The zero-order chi connectivity index (χ0) is 12.0. The molecule has 1 fully saturated rings. The van der Waals surface area contributed by atoms with E-state index in [-0.39, 0.29) is 5.25 Å². The molecule has 0 radical (unpaired) electrons. The molecule has 1 aliphatic heterocycles. The Balaban J connectivity index is 2.27. The fourth-order valence-electron chi connectivity index (χ4n) is 1.96. The lowest BCUT2D eigenvalue weighted by molar-refractivity contribution is -0.131. The average Bonchev–Trinajstić information content (AvgIpc) is 2.29. The van der Waals surface area contributed by atoms with Crippen LogP contribution in [0.5, 0.6) is 0 Å². The van der Waals surface area contributed by atoms with Gasteiger partial charge >= 0.3 is 0 Å². The molecular formula is C13H25NOS. The van der Waals surface area contributed by atoms with E-state index in [1.165, 1.54) is 25.7 Å². The monoisotopic (exact) mass is 243 g/mol. The third-order valence-electron chi connectivity index (χ3n) is 3.31. The van der Waals surface area contributed by atoms with Crippen molar-refractivity contribution in [3.05, 3.63) is 0 Å². The molecule has 1 atom stereocenters. The average molecular weight is 243 g/mol. The largest absolute Gasteiger partial charge is 0.342 e. The van der Waals surface area contributed by atoms with Crippen molar-refractivity contribution in [3.63, 3.8) is 0 Å². The Morgan fingerprint density at radius 1 is 1.44 bits per heavy atom. The van der Waals surface area contributed by atoms with Crippen LogP contribution in [-0.2, 0) is 4.79 Å². The van der Waals surface area contributed by atoms with E-state index in [1.54, 1.807) is 0 Å². The molecule has 1 unspecified atom stereocenters. The first-order chi connectivity index (χ1) is 7.65. The Hall–Kier alpha value is -0.180. The van der Waals surface area contributed by atoms with E-state index in [0.717, 1.165) is 24.8 Å². The molecule has 0 aromatic heterocycles. The molecule has 94 valence electrons. The van der Waals surface area contributed by atoms with Gasteiger partial charge in [-0.1, -0.05) is 20.3 Å². The van der Waals surface area contributed by atoms with Crippen LogP contribution >= 0.6 is 11.8 Å². The molecule has 0 N–H and O–H groups in total. The van der Waals surface area contributed by atoms with Gasteiger partial charge in [-0.15, -0.1) is 11.8 Å². The molecule has 2 nitrogen and oxygen atoms in total. The third-order valence-corrected chi connectivity index (χ3v) is 4.53. The van der Waals surface area contributed by atoms with E-state index in [1.807, 2.05) is 11.8 Å². The summed E-state index contributed by atoms with van der Waals surface area (Å²) in [6.45, 7) is 8.47. The lowest BCUT2D eigenvalue weighted by Gasteiger charge is -2.32. The van der Waals surface area contributed by atoms with Gasteiger partial charge in [0.25, 0.3) is 0 Å². The minimum Gasteiger partial charge on any atom is -0.342 e. The summed E-state index contributed by atoms with van der Waals surface area (Å²) < 4.78 is 0. The predicted molar refractivity (Wildman–Crippen MR) is 71.8 cm³/mol. The van der Waals surface area contributed by atoms with Crippen LogP contribution in [-0.4, -0.2) is 34.9 Å². The lowest BCUT2D eigenvalue weighted by Crippen LogP contribution is -2.41. The number of hydrogen-bond acceptors (Lipinski definition) is 2. The fraction of sp³-hybridized carbons (Fsp3) is 0.923. The second-order valence-electron chi connectivity index (χ2n) is 4.87. The minimum atomic E-state index is 0.153. The van der Waals surface area contributed by atoms with Crippen molar-refractivity contribution in [2.24, 2.45) is 5.92 Å². The lowest BCUT2D eigenvalue weighted by atomic mass is 9.99. The number of carbonyl (C=O) groups excluding carboxylic acids is 1. The summed E-state index contributed by atoms with van der Waals surface area (Å²) in [7, 11) is 0. The summed E-state index contributed by atoms with van der Waals surface area (Å²) in [4.78, 5) is 14.2. The van der Waals surface area contributed by atoms with Gasteiger partial charge in [0.2, 0.25) is 5.91 Å². The number of likely N-dealkylation sites (tertiary alicyclic amines) is 1. The van der Waals surface area contributed by atoms with E-state index in [9.17, 15) is 4.79 Å². The van der Waals surface area contributed by atoms with Gasteiger partial charge in [-0.3, -0.25) is 4.79 Å². The van der Waals surface area contributed by atoms with Crippen LogP contribution < -0.4 is 0 Å². The quantitative estimate of drug-likeness (QED) is 0.691. The number of piperidine rings is 1. The van der Waals surface area contributed by atoms with Crippen molar-refractivity contribution in [2.45, 2.75) is 51.7 Å². The van der Waals surface area contributed by atoms with Gasteiger partial charge in [0, 0.05) is 13.1 Å². The van der Waals surface area contributed by atoms with Crippen molar-refractivity contribution in [1.29, 1.82) is 0 Å². The van der Waals surface area contributed by atoms with Crippen molar-refractivity contribution in [1.82, 2.24) is 4.90 Å². The Morgan fingerprint density at radius 2 is 2.06 bits per heavy atom. The number of rotatable bonds is 5. The molecule has 0 aromatic rings. The second-order valence-corrected chi connectivity index (χ2v) is 6.32. The number of carbonyl (C=O) groups is 1. The van der Waals surface area contributed by atoms with Crippen LogP contribution in [0.2, 0.25) is 0 Å². The number of nitrogens with zero attached hydrogens (tertiary/aromatic N) is 1. The number of unbranched alkanes of at least 4 members (excludes halogenated alkanes) is 1. The maximum atomic E-state index is 12.1. The Morgan fingerprint density at radius 3 is 2.62 bits per heavy atom. The standard InChI is InChI=1S/C13H25NOS/c1-4-5-10-16-12(3)13(15)14-8-6-11(2)7-9-14/h11-12H,4-10H2,1-3H3. The topological polar surface area (TPSA) is 20.3 Å². The summed E-state index contributed by atoms with van der Waals surface area (Å²) in [5.41, 5.74) is 0. The van der Waals surface area contributed by atoms with E-state index in [4.69, 9.17) is 0 Å². The fourth-order valence-corrected chi connectivity index (χ4v) is 3.06. The SMILES string of the molecule is CCCCSC(C)C(=O)N1CCC(C)CC1. The summed E-state index contributed by atoms with van der Waals surface area (Å²) >= 11 is 1.81. The third kappa shape index (κ3) is 4.36. The molecule has 0 aliphatic carbocycles. The molecule has 0 saturated carbocycles. The maximum absolute atomic E-state index is 12.1. The zero-order valence-electron chi connectivity index (χ0n) is 10.9. The van der Waals surface area contributed by atoms with Crippen molar-refractivity contribution in [3.8, 4) is 0 Å². The first-order valence-corrected chi connectivity index (χ1v) is 7.60. The molecular weight excluding hydrogens is 218 g/mol. The normalized spacial score (nSPS) is 19.8. The van der Waals surface area contributed by atoms with E-state index >= 15 is 0 Å².